The van der Waals surface area contributed by atoms with E-state index in [9.17, 15) is 8.42 Å². The number of alkyl halides is 1. The molecule has 0 aliphatic heterocycles. The van der Waals surface area contributed by atoms with Crippen LogP contribution >= 0.6 is 22.9 Å². The van der Waals surface area contributed by atoms with Gasteiger partial charge in [0.1, 0.15) is 4.21 Å². The summed E-state index contributed by atoms with van der Waals surface area (Å²) in [5.74, 6) is 0.377. The monoisotopic (exact) mass is 335 g/mol. The Balaban J connectivity index is 2.30. The summed E-state index contributed by atoms with van der Waals surface area (Å²) in [4.78, 5) is 0.949. The molecule has 0 saturated heterocycles. The molecule has 0 spiro atoms. The smallest absolute Gasteiger partial charge is 0.206 e. The number of hydrogen-bond donors (Lipinski definition) is 0. The highest BCUT2D eigenvalue weighted by Crippen LogP contribution is 2.33. The van der Waals surface area contributed by atoms with Crippen LogP contribution in [-0.2, 0) is 15.9 Å². The highest BCUT2D eigenvalue weighted by molar-refractivity contribution is 7.91. The molecule has 0 amide bonds. The van der Waals surface area contributed by atoms with Crippen molar-refractivity contribution >= 4 is 33.0 Å². The Bertz CT molecular complexity index is 548. The molecule has 0 N–H and O–H groups in total. The minimum absolute atomic E-state index is 0.167. The van der Waals surface area contributed by atoms with Crippen LogP contribution in [0.4, 0.5) is 0 Å². The fourth-order valence-electron chi connectivity index (χ4n) is 2.86. The van der Waals surface area contributed by atoms with Crippen LogP contribution in [-0.4, -0.2) is 25.3 Å². The van der Waals surface area contributed by atoms with Crippen molar-refractivity contribution in [3.63, 3.8) is 0 Å². The van der Waals surface area contributed by atoms with E-state index in [1.165, 1.54) is 17.8 Å². The minimum atomic E-state index is -3.37. The molecule has 1 aromatic rings. The minimum Gasteiger partial charge on any atom is -0.206 e. The molecule has 1 saturated carbocycles. The standard InChI is InChI=1S/C14H22ClNO2S2/c1-3-16(12-7-5-4-6-8-12)20(17,18)14-9-11(2)13(10-15)19-14/h9,12H,3-8,10H2,1-2H3. The third-order valence-electron chi connectivity index (χ3n) is 3.98. The van der Waals surface area contributed by atoms with Crippen LogP contribution in [0.2, 0.25) is 0 Å². The van der Waals surface area contributed by atoms with Crippen molar-refractivity contribution in [2.75, 3.05) is 6.54 Å². The van der Waals surface area contributed by atoms with Gasteiger partial charge in [-0.2, -0.15) is 4.31 Å². The van der Waals surface area contributed by atoms with Gasteiger partial charge >= 0.3 is 0 Å². The Kier molecular flexibility index (Phi) is 5.51. The van der Waals surface area contributed by atoms with Crippen LogP contribution in [0.15, 0.2) is 10.3 Å². The van der Waals surface area contributed by atoms with Gasteiger partial charge in [-0.05, 0) is 31.4 Å². The quantitative estimate of drug-likeness (QED) is 0.758. The second kappa shape index (κ2) is 6.77. The van der Waals surface area contributed by atoms with Gasteiger partial charge in [0.15, 0.2) is 0 Å². The van der Waals surface area contributed by atoms with Crippen molar-refractivity contribution in [1.82, 2.24) is 4.31 Å². The maximum absolute atomic E-state index is 12.8. The summed E-state index contributed by atoms with van der Waals surface area (Å²) in [5, 5.41) is 0. The molecule has 0 radical (unpaired) electrons. The van der Waals surface area contributed by atoms with E-state index in [0.29, 0.717) is 16.6 Å². The highest BCUT2D eigenvalue weighted by Gasteiger charge is 2.32. The lowest BCUT2D eigenvalue weighted by Crippen LogP contribution is -2.40. The summed E-state index contributed by atoms with van der Waals surface area (Å²) in [7, 11) is -3.37. The number of sulfonamides is 1. The molecular formula is C14H22ClNO2S2. The first-order chi connectivity index (χ1) is 9.50. The third-order valence-corrected chi connectivity index (χ3v) is 8.12. The van der Waals surface area contributed by atoms with Gasteiger partial charge in [-0.1, -0.05) is 26.2 Å². The van der Waals surface area contributed by atoms with E-state index in [-0.39, 0.29) is 6.04 Å². The Labute approximate surface area is 131 Å². The Morgan fingerprint density at radius 1 is 1.35 bits per heavy atom. The zero-order valence-corrected chi connectivity index (χ0v) is 14.5. The Morgan fingerprint density at radius 3 is 2.50 bits per heavy atom. The number of aryl methyl sites for hydroxylation is 1. The summed E-state index contributed by atoms with van der Waals surface area (Å²) in [6.45, 7) is 4.39. The van der Waals surface area contributed by atoms with E-state index in [4.69, 9.17) is 11.6 Å². The molecule has 3 nitrogen and oxygen atoms in total. The third kappa shape index (κ3) is 3.21. The van der Waals surface area contributed by atoms with Crippen molar-refractivity contribution in [2.45, 2.75) is 62.1 Å². The van der Waals surface area contributed by atoms with Crippen molar-refractivity contribution in [3.8, 4) is 0 Å². The van der Waals surface area contributed by atoms with Crippen molar-refractivity contribution in [3.05, 3.63) is 16.5 Å². The van der Waals surface area contributed by atoms with Gasteiger partial charge in [0.05, 0.1) is 5.88 Å². The largest absolute Gasteiger partial charge is 0.252 e. The van der Waals surface area contributed by atoms with Gasteiger partial charge < -0.3 is 0 Å². The zero-order chi connectivity index (χ0) is 14.8. The number of halogens is 1. The SMILES string of the molecule is CCN(C1CCCCC1)S(=O)(=O)c1cc(C)c(CCl)s1. The van der Waals surface area contributed by atoms with Crippen LogP contribution in [0.3, 0.4) is 0 Å². The Hall–Kier alpha value is -0.100. The average Bonchev–Trinajstić information content (AvgIpc) is 2.82. The molecule has 0 atom stereocenters. The second-order valence-electron chi connectivity index (χ2n) is 5.31. The first kappa shape index (κ1) is 16.3. The van der Waals surface area contributed by atoms with Crippen LogP contribution < -0.4 is 0 Å². The van der Waals surface area contributed by atoms with Crippen LogP contribution in [0.25, 0.3) is 0 Å². The van der Waals surface area contributed by atoms with Crippen molar-refractivity contribution in [2.24, 2.45) is 0 Å². The average molecular weight is 336 g/mol. The molecular weight excluding hydrogens is 314 g/mol. The molecule has 6 heteroatoms. The van der Waals surface area contributed by atoms with Crippen molar-refractivity contribution in [1.29, 1.82) is 0 Å². The summed E-state index contributed by atoms with van der Waals surface area (Å²) in [5.41, 5.74) is 0.975. The summed E-state index contributed by atoms with van der Waals surface area (Å²) < 4.78 is 27.8. The van der Waals surface area contributed by atoms with E-state index in [1.807, 2.05) is 13.8 Å². The predicted octanol–water partition coefficient (Wildman–Crippen LogP) is 4.14. The van der Waals surface area contributed by atoms with Crippen LogP contribution in [0.5, 0.6) is 0 Å². The van der Waals surface area contributed by atoms with Gasteiger partial charge in [-0.3, -0.25) is 0 Å². The summed E-state index contributed by atoms with van der Waals surface area (Å²) in [6.07, 6.45) is 5.46. The number of thiophene rings is 1. The van der Waals surface area contributed by atoms with Crippen molar-refractivity contribution < 1.29 is 8.42 Å². The first-order valence-corrected chi connectivity index (χ1v) is 9.97. The lowest BCUT2D eigenvalue weighted by molar-refractivity contribution is 0.261. The molecule has 0 unspecified atom stereocenters. The molecule has 0 aromatic carbocycles. The highest BCUT2D eigenvalue weighted by atomic mass is 35.5. The molecule has 1 aromatic heterocycles. The van der Waals surface area contributed by atoms with Gasteiger partial charge in [0.25, 0.3) is 10.0 Å². The number of nitrogens with zero attached hydrogens (tertiary/aromatic N) is 1. The molecule has 20 heavy (non-hydrogen) atoms. The molecule has 0 bridgehead atoms. The normalized spacial score (nSPS) is 17.8. The van der Waals surface area contributed by atoms with Gasteiger partial charge in [-0.15, -0.1) is 22.9 Å². The van der Waals surface area contributed by atoms with E-state index in [0.717, 1.165) is 36.1 Å². The fraction of sp³-hybridized carbons (Fsp3) is 0.714. The predicted molar refractivity (Wildman–Crippen MR) is 85.1 cm³/mol. The van der Waals surface area contributed by atoms with Crippen LogP contribution in [0, 0.1) is 6.92 Å². The lowest BCUT2D eigenvalue weighted by atomic mass is 9.95. The maximum Gasteiger partial charge on any atom is 0.252 e. The molecule has 1 aliphatic rings. The number of rotatable bonds is 5. The van der Waals surface area contributed by atoms with Gasteiger partial charge in [0, 0.05) is 17.5 Å². The van der Waals surface area contributed by atoms with Gasteiger partial charge in [0.2, 0.25) is 0 Å². The van der Waals surface area contributed by atoms with E-state index >= 15 is 0 Å². The topological polar surface area (TPSA) is 37.4 Å². The molecule has 1 fully saturated rings. The molecule has 2 rings (SSSR count). The lowest BCUT2D eigenvalue weighted by Gasteiger charge is -2.32. The second-order valence-corrected chi connectivity index (χ2v) is 8.83. The number of hydrogen-bond acceptors (Lipinski definition) is 3. The zero-order valence-electron chi connectivity index (χ0n) is 12.1. The fourth-order valence-corrected chi connectivity index (χ4v) is 6.50. The maximum atomic E-state index is 12.8. The Morgan fingerprint density at radius 2 is 2.00 bits per heavy atom. The van der Waals surface area contributed by atoms with Gasteiger partial charge in [-0.25, -0.2) is 8.42 Å². The summed E-state index contributed by atoms with van der Waals surface area (Å²) >= 11 is 7.17. The van der Waals surface area contributed by atoms with E-state index in [1.54, 1.807) is 10.4 Å². The molecule has 1 aliphatic carbocycles. The molecule has 114 valence electrons. The van der Waals surface area contributed by atoms with E-state index < -0.39 is 10.0 Å². The first-order valence-electron chi connectivity index (χ1n) is 7.17. The van der Waals surface area contributed by atoms with Crippen LogP contribution in [0.1, 0.15) is 49.5 Å². The molecule has 1 heterocycles. The van der Waals surface area contributed by atoms with E-state index in [2.05, 4.69) is 0 Å². The summed E-state index contributed by atoms with van der Waals surface area (Å²) in [6, 6.07) is 1.93.